The van der Waals surface area contributed by atoms with Gasteiger partial charge < -0.3 is 11.5 Å². The molecule has 3 fully saturated rings. The molecule has 22 heavy (non-hydrogen) atoms. The minimum Gasteiger partial charge on any atom is -0.366 e. The van der Waals surface area contributed by atoms with Crippen molar-refractivity contribution in [2.75, 3.05) is 13.1 Å². The monoisotopic (exact) mass is 297 g/mol. The fourth-order valence-corrected chi connectivity index (χ4v) is 3.45. The van der Waals surface area contributed by atoms with E-state index in [1.165, 1.54) is 32.4 Å². The van der Waals surface area contributed by atoms with Gasteiger partial charge in [0, 0.05) is 5.56 Å². The van der Waals surface area contributed by atoms with Gasteiger partial charge in [-0.15, -0.1) is 0 Å². The second-order valence-corrected chi connectivity index (χ2v) is 6.17. The molecule has 2 aromatic rings. The van der Waals surface area contributed by atoms with Gasteiger partial charge in [-0.1, -0.05) is 36.4 Å². The van der Waals surface area contributed by atoms with Crippen LogP contribution in [0, 0.1) is 5.92 Å². The molecule has 2 bridgehead atoms. The Bertz CT molecular complexity index is 657. The van der Waals surface area contributed by atoms with Crippen molar-refractivity contribution >= 4 is 16.7 Å². The van der Waals surface area contributed by atoms with Crippen molar-refractivity contribution in [1.82, 2.24) is 4.90 Å². The number of piperidine rings is 3. The first-order valence-corrected chi connectivity index (χ1v) is 7.92. The lowest BCUT2D eigenvalue weighted by atomic mass is 9.87. The van der Waals surface area contributed by atoms with Crippen LogP contribution >= 0.6 is 0 Å². The number of rotatable bonds is 1. The zero-order valence-electron chi connectivity index (χ0n) is 12.7. The summed E-state index contributed by atoms with van der Waals surface area (Å²) in [6.45, 7) is 2.51. The van der Waals surface area contributed by atoms with Crippen LogP contribution in [-0.4, -0.2) is 30.1 Å². The smallest absolute Gasteiger partial charge is 0.249 e. The number of nitrogens with zero attached hydrogens (tertiary/aromatic N) is 1. The highest BCUT2D eigenvalue weighted by atomic mass is 16.1. The van der Waals surface area contributed by atoms with Gasteiger partial charge in [0.25, 0.3) is 0 Å². The minimum absolute atomic E-state index is 0.378. The quantitative estimate of drug-likeness (QED) is 0.848. The van der Waals surface area contributed by atoms with Crippen LogP contribution in [0.4, 0.5) is 0 Å². The van der Waals surface area contributed by atoms with E-state index in [-0.39, 0.29) is 5.91 Å². The summed E-state index contributed by atoms with van der Waals surface area (Å²) in [5, 5.41) is 1.95. The van der Waals surface area contributed by atoms with Crippen molar-refractivity contribution < 1.29 is 4.79 Å². The van der Waals surface area contributed by atoms with Crippen LogP contribution in [0.1, 0.15) is 29.6 Å². The third kappa shape index (κ3) is 3.13. The van der Waals surface area contributed by atoms with Gasteiger partial charge in [0.05, 0.1) is 6.17 Å². The Morgan fingerprint density at radius 1 is 1.05 bits per heavy atom. The Morgan fingerprint density at radius 2 is 1.73 bits per heavy atom. The highest BCUT2D eigenvalue weighted by Crippen LogP contribution is 2.29. The van der Waals surface area contributed by atoms with Gasteiger partial charge in [-0.3, -0.25) is 9.69 Å². The first-order valence-electron chi connectivity index (χ1n) is 7.92. The van der Waals surface area contributed by atoms with Gasteiger partial charge in [-0.05, 0) is 55.1 Å². The third-order valence-electron chi connectivity index (χ3n) is 4.75. The number of nitrogens with two attached hydrogens (primary N) is 2. The van der Waals surface area contributed by atoms with Gasteiger partial charge in [-0.2, -0.15) is 0 Å². The summed E-state index contributed by atoms with van der Waals surface area (Å²) < 4.78 is 0. The second kappa shape index (κ2) is 6.46. The highest BCUT2D eigenvalue weighted by Gasteiger charge is 2.30. The topological polar surface area (TPSA) is 72.3 Å². The summed E-state index contributed by atoms with van der Waals surface area (Å²) in [5.41, 5.74) is 11.7. The molecular formula is C18H23N3O. The molecule has 4 N–H and O–H groups in total. The average Bonchev–Trinajstić information content (AvgIpc) is 2.56. The number of hydrogen-bond donors (Lipinski definition) is 2. The Kier molecular flexibility index (Phi) is 4.41. The van der Waals surface area contributed by atoms with E-state index in [0.717, 1.165) is 16.7 Å². The Hall–Kier alpha value is -1.91. The second-order valence-electron chi connectivity index (χ2n) is 6.17. The summed E-state index contributed by atoms with van der Waals surface area (Å²) in [5.74, 6) is 0.585. The molecule has 1 atom stereocenters. The van der Waals surface area contributed by atoms with Gasteiger partial charge in [0.1, 0.15) is 0 Å². The molecule has 0 spiro atoms. The number of amides is 1. The fraction of sp³-hybridized carbons (Fsp3) is 0.389. The number of primary amides is 1. The Balaban J connectivity index is 0.000000139. The van der Waals surface area contributed by atoms with Crippen LogP contribution in [-0.2, 0) is 0 Å². The van der Waals surface area contributed by atoms with E-state index in [4.69, 9.17) is 11.5 Å². The standard InChI is InChI=1S/C11H9NO.C7H14N2/c12-11(13)10-7-3-5-8-4-1-2-6-9(8)10;8-7-5-6-1-3-9(7)4-2-6/h1-7H,(H2,12,13);6-7H,1-5,8H2. The molecule has 3 aliphatic heterocycles. The molecule has 0 aliphatic carbocycles. The first-order chi connectivity index (χ1) is 10.6. The predicted octanol–water partition coefficient (Wildman–Crippen LogP) is 2.33. The van der Waals surface area contributed by atoms with Gasteiger partial charge in [-0.25, -0.2) is 0 Å². The lowest BCUT2D eigenvalue weighted by molar-refractivity contribution is 0.0531. The van der Waals surface area contributed by atoms with Gasteiger partial charge in [0.2, 0.25) is 5.91 Å². The molecule has 3 heterocycles. The molecular weight excluding hydrogens is 274 g/mol. The van der Waals surface area contributed by atoms with E-state index in [2.05, 4.69) is 4.90 Å². The molecule has 4 nitrogen and oxygen atoms in total. The molecule has 0 radical (unpaired) electrons. The Morgan fingerprint density at radius 3 is 2.27 bits per heavy atom. The van der Waals surface area contributed by atoms with Crippen molar-refractivity contribution in [2.45, 2.75) is 25.4 Å². The summed E-state index contributed by atoms with van der Waals surface area (Å²) in [4.78, 5) is 13.4. The summed E-state index contributed by atoms with van der Waals surface area (Å²) >= 11 is 0. The van der Waals surface area contributed by atoms with Crippen molar-refractivity contribution in [3.05, 3.63) is 48.0 Å². The van der Waals surface area contributed by atoms with Crippen LogP contribution in [0.25, 0.3) is 10.8 Å². The lowest BCUT2D eigenvalue weighted by Gasteiger charge is -2.43. The molecule has 116 valence electrons. The lowest BCUT2D eigenvalue weighted by Crippen LogP contribution is -2.52. The maximum Gasteiger partial charge on any atom is 0.249 e. The number of carbonyl (C=O) groups is 1. The van der Waals surface area contributed by atoms with Crippen LogP contribution in [0.15, 0.2) is 42.5 Å². The summed E-state index contributed by atoms with van der Waals surface area (Å²) in [6.07, 6.45) is 4.44. The third-order valence-corrected chi connectivity index (χ3v) is 4.75. The van der Waals surface area contributed by atoms with Gasteiger partial charge in [0.15, 0.2) is 0 Å². The average molecular weight is 297 g/mol. The van der Waals surface area contributed by atoms with Crippen molar-refractivity contribution in [1.29, 1.82) is 0 Å². The number of carbonyl (C=O) groups excluding carboxylic acids is 1. The minimum atomic E-state index is -0.378. The maximum absolute atomic E-state index is 11.0. The van der Waals surface area contributed by atoms with Crippen LogP contribution < -0.4 is 11.5 Å². The van der Waals surface area contributed by atoms with Crippen LogP contribution in [0.2, 0.25) is 0 Å². The van der Waals surface area contributed by atoms with Crippen LogP contribution in [0.3, 0.4) is 0 Å². The molecule has 0 saturated carbocycles. The highest BCUT2D eigenvalue weighted by molar-refractivity contribution is 6.06. The molecule has 3 saturated heterocycles. The zero-order chi connectivity index (χ0) is 15.5. The van der Waals surface area contributed by atoms with Gasteiger partial charge >= 0.3 is 0 Å². The van der Waals surface area contributed by atoms with E-state index < -0.39 is 0 Å². The largest absolute Gasteiger partial charge is 0.366 e. The molecule has 5 rings (SSSR count). The van der Waals surface area contributed by atoms with E-state index in [0.29, 0.717) is 11.7 Å². The van der Waals surface area contributed by atoms with E-state index in [1.807, 2.05) is 36.4 Å². The number of fused-ring (bicyclic) bond motifs is 4. The zero-order valence-corrected chi connectivity index (χ0v) is 12.7. The van der Waals surface area contributed by atoms with Crippen molar-refractivity contribution in [2.24, 2.45) is 17.4 Å². The van der Waals surface area contributed by atoms with E-state index in [1.54, 1.807) is 6.07 Å². The number of hydrogen-bond acceptors (Lipinski definition) is 3. The van der Waals surface area contributed by atoms with Crippen molar-refractivity contribution in [3.63, 3.8) is 0 Å². The Labute approximate surface area is 131 Å². The molecule has 1 amide bonds. The maximum atomic E-state index is 11.0. The van der Waals surface area contributed by atoms with Crippen LogP contribution in [0.5, 0.6) is 0 Å². The molecule has 1 unspecified atom stereocenters. The number of benzene rings is 2. The van der Waals surface area contributed by atoms with E-state index >= 15 is 0 Å². The molecule has 0 aromatic heterocycles. The molecule has 3 aliphatic rings. The summed E-state index contributed by atoms with van der Waals surface area (Å²) in [7, 11) is 0. The fourth-order valence-electron chi connectivity index (χ4n) is 3.45. The first kappa shape index (κ1) is 15.0. The summed E-state index contributed by atoms with van der Waals surface area (Å²) in [6, 6.07) is 13.2. The van der Waals surface area contributed by atoms with Crippen molar-refractivity contribution in [3.8, 4) is 0 Å². The molecule has 4 heteroatoms. The normalized spacial score (nSPS) is 26.3. The predicted molar refractivity (Wildman–Crippen MR) is 89.4 cm³/mol. The molecule has 2 aromatic carbocycles. The SMILES string of the molecule is NC(=O)c1cccc2ccccc12.NC1CC2CCN1CC2. The van der Waals surface area contributed by atoms with E-state index in [9.17, 15) is 4.79 Å².